The fraction of sp³-hybridized carbons (Fsp3) is 0.947. The van der Waals surface area contributed by atoms with Gasteiger partial charge in [0.05, 0.1) is 0 Å². The Bertz CT molecular complexity index is 718. The minimum atomic E-state index is -3.58. The van der Waals surface area contributed by atoms with E-state index in [0.29, 0.717) is 12.8 Å². The fourth-order valence-corrected chi connectivity index (χ4v) is 6.97. The number of carbonyl (C=O) groups is 2. The zero-order chi connectivity index (χ0) is 33.4. The molecule has 0 fully saturated rings. The minimum Gasteiger partial charge on any atom is -0.593 e. The van der Waals surface area contributed by atoms with Crippen LogP contribution in [-0.2, 0) is 14.2 Å². The van der Waals surface area contributed by atoms with Crippen molar-refractivity contribution in [2.45, 2.75) is 231 Å². The molecule has 7 heteroatoms. The topological polar surface area (TPSA) is 121 Å². The van der Waals surface area contributed by atoms with Crippen LogP contribution in [-0.4, -0.2) is 28.1 Å². The summed E-state index contributed by atoms with van der Waals surface area (Å²) < 4.78 is 11.9. The molecule has 0 amide bonds. The molecular weight excluding hydrogens is 581 g/mol. The number of hydrogen-bond donors (Lipinski definition) is 2. The van der Waals surface area contributed by atoms with Gasteiger partial charge in [0.1, 0.15) is 6.04 Å². The zero-order valence-corrected chi connectivity index (χ0v) is 30.7. The van der Waals surface area contributed by atoms with Crippen molar-refractivity contribution in [2.75, 3.05) is 0 Å². The first-order valence-corrected chi connectivity index (χ1v) is 20.7. The molecular formula is C38H74NO5P. The molecule has 3 unspecified atom stereocenters. The lowest BCUT2D eigenvalue weighted by atomic mass is 9.95. The van der Waals surface area contributed by atoms with E-state index in [1.165, 1.54) is 141 Å². The highest BCUT2D eigenvalue weighted by molar-refractivity contribution is 7.39. The van der Waals surface area contributed by atoms with Crippen LogP contribution in [0.15, 0.2) is 0 Å². The van der Waals surface area contributed by atoms with Gasteiger partial charge in [-0.2, -0.15) is 0 Å². The van der Waals surface area contributed by atoms with E-state index in [1.807, 2.05) is 0 Å². The maximum Gasteiger partial charge on any atom is 0.355 e. The van der Waals surface area contributed by atoms with Gasteiger partial charge in [0.25, 0.3) is 0 Å². The van der Waals surface area contributed by atoms with Gasteiger partial charge in [-0.15, -0.1) is 0 Å². The summed E-state index contributed by atoms with van der Waals surface area (Å²) in [5, 5.41) is 7.95. The third kappa shape index (κ3) is 24.2. The summed E-state index contributed by atoms with van der Waals surface area (Å²) in [4.78, 5) is 37.3. The molecule has 0 aliphatic rings. The Hall–Kier alpha value is -0.680. The summed E-state index contributed by atoms with van der Waals surface area (Å²) in [5.74, 6) is -1.39. The van der Waals surface area contributed by atoms with Crippen molar-refractivity contribution >= 4 is 19.6 Å². The lowest BCUT2D eigenvalue weighted by molar-refractivity contribution is -0.183. The first-order chi connectivity index (χ1) is 21.8. The van der Waals surface area contributed by atoms with Gasteiger partial charge in [0, 0.05) is 12.8 Å². The lowest BCUT2D eigenvalue weighted by Crippen LogP contribution is -2.56. The van der Waals surface area contributed by atoms with E-state index >= 15 is 0 Å². The van der Waals surface area contributed by atoms with Crippen molar-refractivity contribution in [1.29, 1.82) is 0 Å². The van der Waals surface area contributed by atoms with Crippen LogP contribution in [0.3, 0.4) is 0 Å². The van der Waals surface area contributed by atoms with Crippen molar-refractivity contribution in [3.63, 3.8) is 0 Å². The molecule has 0 aliphatic heterocycles. The van der Waals surface area contributed by atoms with Gasteiger partial charge < -0.3 is 15.7 Å². The van der Waals surface area contributed by atoms with Crippen LogP contribution in [0.5, 0.6) is 0 Å². The minimum absolute atomic E-state index is 0.0714. The highest BCUT2D eigenvalue weighted by Gasteiger charge is 2.56. The van der Waals surface area contributed by atoms with Crippen molar-refractivity contribution in [3.8, 4) is 0 Å². The Balaban J connectivity index is 3.93. The van der Waals surface area contributed by atoms with E-state index in [0.717, 1.165) is 38.5 Å². The first-order valence-electron chi connectivity index (χ1n) is 19.5. The van der Waals surface area contributed by atoms with Crippen LogP contribution in [0.1, 0.15) is 219 Å². The Morgan fingerprint density at radius 3 is 1.04 bits per heavy atom. The first kappa shape index (κ1) is 44.3. The van der Waals surface area contributed by atoms with E-state index in [2.05, 4.69) is 13.8 Å². The number of Topliss-reactive ketones (excluding diaryl/α,β-unsaturated/α-hetero) is 2. The molecule has 45 heavy (non-hydrogen) atoms. The van der Waals surface area contributed by atoms with Crippen molar-refractivity contribution in [1.82, 2.24) is 0 Å². The summed E-state index contributed by atoms with van der Waals surface area (Å²) in [6, 6.07) is -1.71. The van der Waals surface area contributed by atoms with E-state index in [1.54, 1.807) is 0 Å². The molecule has 0 aromatic carbocycles. The number of nitrogens with two attached hydrogens (primary N) is 1. The molecule has 0 aromatic heterocycles. The molecule has 0 saturated heterocycles. The molecule has 6 nitrogen and oxygen atoms in total. The summed E-state index contributed by atoms with van der Waals surface area (Å²) in [5.41, 5.74) is 5.91. The average Bonchev–Trinajstić information content (AvgIpc) is 3.03. The van der Waals surface area contributed by atoms with Gasteiger partial charge in [-0.05, 0) is 12.8 Å². The second-order valence-electron chi connectivity index (χ2n) is 13.7. The van der Waals surface area contributed by atoms with Crippen molar-refractivity contribution < 1.29 is 24.2 Å². The van der Waals surface area contributed by atoms with Crippen LogP contribution in [0.2, 0.25) is 0 Å². The zero-order valence-electron chi connectivity index (χ0n) is 29.8. The summed E-state index contributed by atoms with van der Waals surface area (Å²) in [6.45, 7) is 4.50. The van der Waals surface area contributed by atoms with Crippen LogP contribution in [0, 0.1) is 0 Å². The number of hydrogen-bond acceptors (Lipinski definition) is 6. The monoisotopic (exact) mass is 656 g/mol. The normalized spacial score (nSPS) is 13.9. The molecule has 0 aromatic rings. The molecule has 266 valence electrons. The maximum atomic E-state index is 12.7. The fourth-order valence-electron chi connectivity index (χ4n) is 6.28. The van der Waals surface area contributed by atoms with Gasteiger partial charge in [0.2, 0.25) is 5.78 Å². The number of unbranched alkanes of at least 4 members (excludes halogenated alkanes) is 28. The quantitative estimate of drug-likeness (QED) is 0.0512. The van der Waals surface area contributed by atoms with Crippen LogP contribution < -0.4 is 10.6 Å². The highest BCUT2D eigenvalue weighted by Crippen LogP contribution is 2.35. The van der Waals surface area contributed by atoms with Gasteiger partial charge in [0.15, 0.2) is 5.78 Å². The third-order valence-electron chi connectivity index (χ3n) is 9.50. The van der Waals surface area contributed by atoms with E-state index in [-0.39, 0.29) is 12.8 Å². The molecule has 0 bridgehead atoms. The Morgan fingerprint density at radius 1 is 0.533 bits per heavy atom. The number of rotatable bonds is 36. The van der Waals surface area contributed by atoms with Gasteiger partial charge in [-0.25, -0.2) is 0 Å². The molecule has 0 rings (SSSR count). The summed E-state index contributed by atoms with van der Waals surface area (Å²) >= 11 is 0. The highest BCUT2D eigenvalue weighted by atomic mass is 31.1. The molecule has 0 heterocycles. The molecule has 3 atom stereocenters. The third-order valence-corrected chi connectivity index (χ3v) is 10.6. The molecule has 3 N–H and O–H groups in total. The standard InChI is InChI=1S/C38H74NO5P/c1-3-5-7-9-11-13-15-17-19-21-23-25-27-29-31-33-35(40)37(39)38(42,45(43)44)36(41)34-32-30-28-26-24-22-20-18-16-14-12-10-8-6-4-2/h37,42H,3-34,39H2,1-2H3. The molecule has 0 saturated carbocycles. The second kappa shape index (κ2) is 31.9. The lowest BCUT2D eigenvalue weighted by Gasteiger charge is -2.23. The Kier molecular flexibility index (Phi) is 31.4. The van der Waals surface area contributed by atoms with Crippen LogP contribution in [0.4, 0.5) is 0 Å². The smallest absolute Gasteiger partial charge is 0.355 e. The summed E-state index contributed by atoms with van der Waals surface area (Å²) in [6.07, 6.45) is 36.1. The number of carbonyl (C=O) groups excluding carboxylic acids is 2. The van der Waals surface area contributed by atoms with Crippen LogP contribution in [0.25, 0.3) is 0 Å². The Morgan fingerprint density at radius 2 is 0.778 bits per heavy atom. The summed E-state index contributed by atoms with van der Waals surface area (Å²) in [7, 11) is -3.58. The maximum absolute atomic E-state index is 12.7. The number of ketones is 2. The van der Waals surface area contributed by atoms with Crippen LogP contribution >= 0.6 is 8.03 Å². The predicted octanol–water partition coefficient (Wildman–Crippen LogP) is 10.8. The average molecular weight is 656 g/mol. The number of aliphatic hydroxyl groups is 1. The largest absolute Gasteiger partial charge is 0.593 e. The predicted molar refractivity (Wildman–Crippen MR) is 190 cm³/mol. The Labute approximate surface area is 279 Å². The molecule has 0 radical (unpaired) electrons. The van der Waals surface area contributed by atoms with E-state index in [4.69, 9.17) is 5.73 Å². The van der Waals surface area contributed by atoms with E-state index < -0.39 is 31.0 Å². The van der Waals surface area contributed by atoms with Gasteiger partial charge in [-0.3, -0.25) is 9.59 Å². The van der Waals surface area contributed by atoms with Crippen molar-refractivity contribution in [2.24, 2.45) is 5.73 Å². The van der Waals surface area contributed by atoms with E-state index in [9.17, 15) is 24.2 Å². The second-order valence-corrected chi connectivity index (χ2v) is 14.9. The van der Waals surface area contributed by atoms with Gasteiger partial charge in [-0.1, -0.05) is 198 Å². The van der Waals surface area contributed by atoms with Gasteiger partial charge >= 0.3 is 13.4 Å². The molecule has 0 aliphatic carbocycles. The molecule has 0 spiro atoms. The SMILES string of the molecule is CCCCCCCCCCCCCCCCCC(=O)C(N)C(O)(C(=O)CCCCCCCCCCCCCCCCC)[P+](=O)[O-]. The van der Waals surface area contributed by atoms with Crippen molar-refractivity contribution in [3.05, 3.63) is 0 Å².